The molecule has 6 heteroatoms. The van der Waals surface area contributed by atoms with Crippen LogP contribution < -0.4 is 5.32 Å². The summed E-state index contributed by atoms with van der Waals surface area (Å²) in [6, 6.07) is 12.1. The van der Waals surface area contributed by atoms with E-state index in [2.05, 4.69) is 15.5 Å². The molecule has 0 aliphatic heterocycles. The van der Waals surface area contributed by atoms with Gasteiger partial charge in [-0.1, -0.05) is 24.3 Å². The fraction of sp³-hybridized carbons (Fsp3) is 0.118. The number of nitrogens with zero attached hydrogens (tertiary/aromatic N) is 1. The number of nitrogens with one attached hydrogen (secondary N) is 2. The predicted octanol–water partition coefficient (Wildman–Crippen LogP) is 2.23. The van der Waals surface area contributed by atoms with Gasteiger partial charge >= 0.3 is 5.97 Å². The van der Waals surface area contributed by atoms with Crippen molar-refractivity contribution in [1.82, 2.24) is 15.5 Å². The minimum atomic E-state index is -0.947. The van der Waals surface area contributed by atoms with E-state index in [4.69, 9.17) is 5.11 Å². The zero-order chi connectivity index (χ0) is 16.2. The fourth-order valence-corrected chi connectivity index (χ4v) is 2.39. The van der Waals surface area contributed by atoms with E-state index in [1.54, 1.807) is 36.5 Å². The third-order valence-corrected chi connectivity index (χ3v) is 3.62. The van der Waals surface area contributed by atoms with Crippen LogP contribution >= 0.6 is 0 Å². The monoisotopic (exact) mass is 309 g/mol. The third-order valence-electron chi connectivity index (χ3n) is 3.62. The molecule has 3 N–H and O–H groups in total. The van der Waals surface area contributed by atoms with Gasteiger partial charge < -0.3 is 10.4 Å². The maximum absolute atomic E-state index is 12.3. The van der Waals surface area contributed by atoms with E-state index in [1.165, 1.54) is 0 Å². The van der Waals surface area contributed by atoms with Crippen molar-refractivity contribution < 1.29 is 14.7 Å². The summed E-state index contributed by atoms with van der Waals surface area (Å²) < 4.78 is 0. The van der Waals surface area contributed by atoms with Crippen LogP contribution in [0.1, 0.15) is 26.3 Å². The normalized spacial score (nSPS) is 10.6. The number of rotatable bonds is 5. The number of carboxylic acid groups (broad SMARTS) is 1. The summed E-state index contributed by atoms with van der Waals surface area (Å²) in [6.45, 7) is 0.468. The van der Waals surface area contributed by atoms with Gasteiger partial charge in [0, 0.05) is 11.9 Å². The van der Waals surface area contributed by atoms with E-state index < -0.39 is 5.97 Å². The summed E-state index contributed by atoms with van der Waals surface area (Å²) in [5.41, 5.74) is 2.50. The van der Waals surface area contributed by atoms with Crippen LogP contribution in [-0.2, 0) is 6.42 Å². The Balaban J connectivity index is 1.61. The number of H-pyrrole nitrogens is 1. The van der Waals surface area contributed by atoms with Gasteiger partial charge in [0.15, 0.2) is 0 Å². The fourth-order valence-electron chi connectivity index (χ4n) is 2.39. The van der Waals surface area contributed by atoms with Gasteiger partial charge in [0.05, 0.1) is 22.8 Å². The Labute approximate surface area is 132 Å². The van der Waals surface area contributed by atoms with Gasteiger partial charge in [-0.25, -0.2) is 4.79 Å². The van der Waals surface area contributed by atoms with E-state index in [9.17, 15) is 9.59 Å². The molecule has 0 radical (unpaired) electrons. The molecule has 1 amide bonds. The highest BCUT2D eigenvalue weighted by atomic mass is 16.4. The summed E-state index contributed by atoms with van der Waals surface area (Å²) in [5, 5.41) is 19.4. The molecule has 3 rings (SSSR count). The average molecular weight is 309 g/mol. The van der Waals surface area contributed by atoms with Gasteiger partial charge in [-0.3, -0.25) is 9.89 Å². The number of benzene rings is 2. The summed E-state index contributed by atoms with van der Waals surface area (Å²) >= 11 is 0. The molecule has 2 aromatic carbocycles. The quantitative estimate of drug-likeness (QED) is 0.673. The zero-order valence-corrected chi connectivity index (χ0v) is 12.2. The van der Waals surface area contributed by atoms with E-state index >= 15 is 0 Å². The molecule has 0 unspecified atom stereocenters. The Morgan fingerprint density at radius 3 is 2.65 bits per heavy atom. The largest absolute Gasteiger partial charge is 0.478 e. The molecular formula is C17H15N3O3. The molecule has 0 fully saturated rings. The highest BCUT2D eigenvalue weighted by Crippen LogP contribution is 2.15. The Morgan fingerprint density at radius 1 is 1.13 bits per heavy atom. The lowest BCUT2D eigenvalue weighted by Gasteiger charge is -2.06. The number of aromatic amines is 1. The molecule has 1 heterocycles. The number of para-hydroxylation sites is 1. The van der Waals surface area contributed by atoms with Crippen LogP contribution in [0.25, 0.3) is 10.9 Å². The molecule has 0 saturated carbocycles. The summed E-state index contributed by atoms with van der Waals surface area (Å²) in [5.74, 6) is -1.11. The molecule has 3 aromatic rings. The maximum Gasteiger partial charge on any atom is 0.335 e. The molecule has 6 nitrogen and oxygen atoms in total. The first-order valence-corrected chi connectivity index (χ1v) is 7.17. The molecule has 1 aromatic heterocycles. The smallest absolute Gasteiger partial charge is 0.335 e. The van der Waals surface area contributed by atoms with Gasteiger partial charge in [0.2, 0.25) is 0 Å². The van der Waals surface area contributed by atoms with Crippen LogP contribution in [0.2, 0.25) is 0 Å². The maximum atomic E-state index is 12.3. The summed E-state index contributed by atoms with van der Waals surface area (Å²) in [4.78, 5) is 23.0. The van der Waals surface area contributed by atoms with Crippen molar-refractivity contribution in [3.05, 3.63) is 65.4 Å². The van der Waals surface area contributed by atoms with E-state index in [1.807, 2.05) is 12.1 Å². The van der Waals surface area contributed by atoms with Crippen molar-refractivity contribution in [2.75, 3.05) is 6.54 Å². The molecule has 0 atom stereocenters. The van der Waals surface area contributed by atoms with Gasteiger partial charge in [0.25, 0.3) is 5.91 Å². The predicted molar refractivity (Wildman–Crippen MR) is 85.5 cm³/mol. The summed E-state index contributed by atoms with van der Waals surface area (Å²) in [7, 11) is 0. The lowest BCUT2D eigenvalue weighted by Crippen LogP contribution is -2.25. The van der Waals surface area contributed by atoms with Crippen LogP contribution in [0.3, 0.4) is 0 Å². The highest BCUT2D eigenvalue weighted by Gasteiger charge is 2.10. The molecule has 116 valence electrons. The third kappa shape index (κ3) is 3.21. The van der Waals surface area contributed by atoms with Crippen molar-refractivity contribution in [2.45, 2.75) is 6.42 Å². The van der Waals surface area contributed by atoms with Crippen molar-refractivity contribution in [2.24, 2.45) is 0 Å². The first kappa shape index (κ1) is 14.8. The number of fused-ring (bicyclic) bond motifs is 1. The van der Waals surface area contributed by atoms with Gasteiger partial charge in [-0.15, -0.1) is 0 Å². The number of aromatic nitrogens is 2. The van der Waals surface area contributed by atoms with Crippen molar-refractivity contribution in [3.8, 4) is 0 Å². The number of carbonyl (C=O) groups is 2. The van der Waals surface area contributed by atoms with Crippen LogP contribution in [0.5, 0.6) is 0 Å². The number of hydrogen-bond donors (Lipinski definition) is 3. The molecule has 23 heavy (non-hydrogen) atoms. The Kier molecular flexibility index (Phi) is 4.05. The first-order valence-electron chi connectivity index (χ1n) is 7.17. The Bertz CT molecular complexity index is 853. The van der Waals surface area contributed by atoms with Crippen molar-refractivity contribution in [3.63, 3.8) is 0 Å². The second kappa shape index (κ2) is 6.31. The minimum Gasteiger partial charge on any atom is -0.478 e. The number of aromatic carboxylic acids is 1. The lowest BCUT2D eigenvalue weighted by atomic mass is 10.1. The van der Waals surface area contributed by atoms with E-state index in [0.717, 1.165) is 16.5 Å². The molecular weight excluding hydrogens is 294 g/mol. The minimum absolute atomic E-state index is 0.165. The second-order valence-electron chi connectivity index (χ2n) is 5.15. The number of hydrogen-bond acceptors (Lipinski definition) is 3. The van der Waals surface area contributed by atoms with E-state index in [0.29, 0.717) is 18.5 Å². The lowest BCUT2D eigenvalue weighted by molar-refractivity contribution is 0.0696. The molecule has 0 spiro atoms. The van der Waals surface area contributed by atoms with E-state index in [-0.39, 0.29) is 11.5 Å². The number of carboxylic acids is 1. The topological polar surface area (TPSA) is 95.1 Å². The average Bonchev–Trinajstić information content (AvgIpc) is 3.03. The molecule has 0 bridgehead atoms. The highest BCUT2D eigenvalue weighted by molar-refractivity contribution is 6.05. The van der Waals surface area contributed by atoms with Crippen LogP contribution in [0.15, 0.2) is 48.7 Å². The van der Waals surface area contributed by atoms with Crippen LogP contribution in [-0.4, -0.2) is 33.7 Å². The van der Waals surface area contributed by atoms with Crippen LogP contribution in [0.4, 0.5) is 0 Å². The standard InChI is InChI=1S/C17H15N3O3/c21-16(14-3-1-2-13-10-19-20-15(13)14)18-9-8-11-4-6-12(7-5-11)17(22)23/h1-7,10H,8-9H2,(H,18,21)(H,19,20)(H,22,23). The summed E-state index contributed by atoms with van der Waals surface area (Å²) in [6.07, 6.45) is 2.31. The molecule has 0 aliphatic rings. The van der Waals surface area contributed by atoms with Gasteiger partial charge in [0.1, 0.15) is 0 Å². The molecule has 0 aliphatic carbocycles. The van der Waals surface area contributed by atoms with Crippen LogP contribution in [0, 0.1) is 0 Å². The second-order valence-corrected chi connectivity index (χ2v) is 5.15. The SMILES string of the molecule is O=C(O)c1ccc(CCNC(=O)c2cccc3cn[nH]c23)cc1. The van der Waals surface area contributed by atoms with Crippen molar-refractivity contribution in [1.29, 1.82) is 0 Å². The van der Waals surface area contributed by atoms with Gasteiger partial charge in [-0.05, 0) is 30.2 Å². The zero-order valence-electron chi connectivity index (χ0n) is 12.2. The Hall–Kier alpha value is -3.15. The first-order chi connectivity index (χ1) is 11.1. The Morgan fingerprint density at radius 2 is 1.91 bits per heavy atom. The number of amides is 1. The molecule has 0 saturated heterocycles. The van der Waals surface area contributed by atoms with Crippen molar-refractivity contribution >= 4 is 22.8 Å². The number of carbonyl (C=O) groups excluding carboxylic acids is 1. The van der Waals surface area contributed by atoms with Gasteiger partial charge in [-0.2, -0.15) is 5.10 Å².